The van der Waals surface area contributed by atoms with Gasteiger partial charge in [0, 0.05) is 12.8 Å². The molecule has 0 aliphatic rings. The van der Waals surface area contributed by atoms with Gasteiger partial charge in [-0.15, -0.1) is 0 Å². The molecule has 0 fully saturated rings. The van der Waals surface area contributed by atoms with Gasteiger partial charge in [0.15, 0.2) is 6.10 Å². The van der Waals surface area contributed by atoms with E-state index in [1.807, 2.05) is 21.1 Å². The number of carbonyl (C=O) groups excluding carboxylic acids is 2. The van der Waals surface area contributed by atoms with Crippen molar-refractivity contribution in [3.05, 3.63) is 122 Å². The smallest absolute Gasteiger partial charge is 0.306 e. The van der Waals surface area contributed by atoms with Crippen molar-refractivity contribution < 1.29 is 42.1 Å². The first kappa shape index (κ1) is 63.4. The topological polar surface area (TPSA) is 111 Å². The fourth-order valence-corrected chi connectivity index (χ4v) is 7.00. The summed E-state index contributed by atoms with van der Waals surface area (Å²) in [4.78, 5) is 37.3. The Balaban J connectivity index is 4.08. The lowest BCUT2D eigenvalue weighted by Crippen LogP contribution is -2.37. The molecular formula is C57H94NO8P. The van der Waals surface area contributed by atoms with Gasteiger partial charge in [0.25, 0.3) is 7.82 Å². The van der Waals surface area contributed by atoms with E-state index in [0.717, 1.165) is 135 Å². The second kappa shape index (κ2) is 47.5. The fourth-order valence-electron chi connectivity index (χ4n) is 6.27. The minimum Gasteiger partial charge on any atom is -0.756 e. The summed E-state index contributed by atoms with van der Waals surface area (Å²) in [6.07, 6.45) is 67.1. The fraction of sp³-hybridized carbons (Fsp3) is 0.614. The molecule has 380 valence electrons. The molecule has 0 aliphatic heterocycles. The zero-order valence-corrected chi connectivity index (χ0v) is 43.7. The van der Waals surface area contributed by atoms with E-state index in [9.17, 15) is 19.0 Å². The number of quaternary nitrogens is 1. The summed E-state index contributed by atoms with van der Waals surface area (Å²) in [6.45, 7) is 3.99. The van der Waals surface area contributed by atoms with Crippen LogP contribution in [0.1, 0.15) is 174 Å². The molecule has 2 atom stereocenters. The van der Waals surface area contributed by atoms with Crippen molar-refractivity contribution in [2.75, 3.05) is 47.5 Å². The van der Waals surface area contributed by atoms with Crippen LogP contribution in [0.15, 0.2) is 122 Å². The van der Waals surface area contributed by atoms with Crippen molar-refractivity contribution in [3.63, 3.8) is 0 Å². The van der Waals surface area contributed by atoms with E-state index >= 15 is 0 Å². The van der Waals surface area contributed by atoms with Gasteiger partial charge in [0.2, 0.25) is 0 Å². The van der Waals surface area contributed by atoms with Crippen LogP contribution >= 0.6 is 7.82 Å². The maximum absolute atomic E-state index is 12.7. The Morgan fingerprint density at radius 3 is 1.27 bits per heavy atom. The first-order chi connectivity index (χ1) is 32.5. The Morgan fingerprint density at radius 1 is 0.478 bits per heavy atom. The highest BCUT2D eigenvalue weighted by molar-refractivity contribution is 7.45. The third-order valence-corrected chi connectivity index (χ3v) is 11.2. The third kappa shape index (κ3) is 51.6. The van der Waals surface area contributed by atoms with Gasteiger partial charge < -0.3 is 27.9 Å². The Morgan fingerprint density at radius 2 is 0.851 bits per heavy atom. The van der Waals surface area contributed by atoms with Crippen molar-refractivity contribution in [2.45, 2.75) is 180 Å². The largest absolute Gasteiger partial charge is 0.756 e. The number of unbranched alkanes of at least 4 members (excludes halogenated alkanes) is 11. The van der Waals surface area contributed by atoms with Crippen molar-refractivity contribution in [3.8, 4) is 0 Å². The van der Waals surface area contributed by atoms with Crippen molar-refractivity contribution >= 4 is 19.8 Å². The van der Waals surface area contributed by atoms with E-state index in [1.165, 1.54) is 6.42 Å². The average Bonchev–Trinajstić information content (AvgIpc) is 3.29. The predicted octanol–water partition coefficient (Wildman–Crippen LogP) is 15.0. The zero-order chi connectivity index (χ0) is 49.2. The van der Waals surface area contributed by atoms with Gasteiger partial charge >= 0.3 is 11.9 Å². The maximum Gasteiger partial charge on any atom is 0.306 e. The quantitative estimate of drug-likeness (QED) is 0.0195. The molecule has 0 N–H and O–H groups in total. The van der Waals surface area contributed by atoms with Crippen LogP contribution in [0.3, 0.4) is 0 Å². The molecular weight excluding hydrogens is 858 g/mol. The van der Waals surface area contributed by atoms with Gasteiger partial charge in [0.1, 0.15) is 19.8 Å². The van der Waals surface area contributed by atoms with E-state index in [0.29, 0.717) is 17.4 Å². The highest BCUT2D eigenvalue weighted by Crippen LogP contribution is 2.38. The van der Waals surface area contributed by atoms with Gasteiger partial charge in [-0.1, -0.05) is 193 Å². The molecule has 0 aliphatic carbocycles. The van der Waals surface area contributed by atoms with Crippen molar-refractivity contribution in [1.29, 1.82) is 0 Å². The van der Waals surface area contributed by atoms with E-state index < -0.39 is 32.5 Å². The van der Waals surface area contributed by atoms with Gasteiger partial charge in [0.05, 0.1) is 27.7 Å². The van der Waals surface area contributed by atoms with Gasteiger partial charge in [-0.25, -0.2) is 0 Å². The molecule has 0 aromatic heterocycles. The zero-order valence-electron chi connectivity index (χ0n) is 42.8. The minimum atomic E-state index is -4.63. The molecule has 9 nitrogen and oxygen atoms in total. The Kier molecular flexibility index (Phi) is 44.9. The second-order valence-electron chi connectivity index (χ2n) is 17.8. The van der Waals surface area contributed by atoms with E-state index in [2.05, 4.69) is 135 Å². The molecule has 0 bridgehead atoms. The number of hydrogen-bond donors (Lipinski definition) is 0. The van der Waals surface area contributed by atoms with Crippen LogP contribution in [0, 0.1) is 0 Å². The molecule has 0 amide bonds. The average molecular weight is 952 g/mol. The number of esters is 2. The molecule has 0 saturated heterocycles. The molecule has 0 spiro atoms. The van der Waals surface area contributed by atoms with Crippen LogP contribution in [-0.4, -0.2) is 70.0 Å². The molecule has 0 radical (unpaired) electrons. The summed E-state index contributed by atoms with van der Waals surface area (Å²) in [5.74, 6) is -0.872. The lowest BCUT2D eigenvalue weighted by Gasteiger charge is -2.28. The van der Waals surface area contributed by atoms with E-state index in [1.54, 1.807) is 0 Å². The van der Waals surface area contributed by atoms with Crippen LogP contribution < -0.4 is 4.89 Å². The van der Waals surface area contributed by atoms with Crippen LogP contribution in [0.2, 0.25) is 0 Å². The van der Waals surface area contributed by atoms with Crippen LogP contribution in [0.4, 0.5) is 0 Å². The summed E-state index contributed by atoms with van der Waals surface area (Å²) in [7, 11) is 1.14. The number of ether oxygens (including phenoxy) is 2. The molecule has 0 aromatic rings. The first-order valence-electron chi connectivity index (χ1n) is 25.7. The summed E-state index contributed by atoms with van der Waals surface area (Å²) in [5, 5.41) is 0. The standard InChI is InChI=1S/C57H94NO8P/c1-6-8-10-12-14-15-16-17-18-19-20-21-22-23-24-25-26-27-28-29-30-31-32-33-34-35-36-37-38-39-40-41-42-43-44-46-48-50-57(60)66-55(53-63-56(59)49-47-45-13-11-9-7-2)54-65-67(61,62)64-52-51-58(3,4)5/h8,10,14-15,17-18,20-21,23-24,26-27,29-30,32-33,35-36,38-39,55H,6-7,9,11-13,16,19,22,25,28,31,34,37,40-54H2,1-5H3/b10-8-,15-14-,18-17-,21-20-,24-23-,27-26-,30-29-,33-32-,36-35-,39-38-. The Hall–Kier alpha value is -3.59. The van der Waals surface area contributed by atoms with Crippen LogP contribution in [0.25, 0.3) is 0 Å². The summed E-state index contributed by atoms with van der Waals surface area (Å²) >= 11 is 0. The Bertz CT molecular complexity index is 1540. The molecule has 0 heterocycles. The molecule has 0 saturated carbocycles. The number of carbonyl (C=O) groups is 2. The molecule has 2 unspecified atom stereocenters. The number of likely N-dealkylation sites (N-methyl/N-ethyl adjacent to an activating group) is 1. The highest BCUT2D eigenvalue weighted by Gasteiger charge is 2.21. The number of phosphoric ester groups is 1. The molecule has 0 aromatic carbocycles. The monoisotopic (exact) mass is 952 g/mol. The maximum atomic E-state index is 12.7. The number of allylic oxidation sites excluding steroid dienone is 20. The van der Waals surface area contributed by atoms with Crippen molar-refractivity contribution in [2.24, 2.45) is 0 Å². The SMILES string of the molecule is CC/C=C\C/C=C\C/C=C\C/C=C\C/C=C\C/C=C\C/C=C\C/C=C\C/C=C\C/C=C\CCCCCCCCC(=O)OC(COC(=O)CCCCCCCC)COP(=O)([O-])OCC[N+](C)(C)C. The first-order valence-corrected chi connectivity index (χ1v) is 27.2. The van der Waals surface area contributed by atoms with Crippen LogP contribution in [0.5, 0.6) is 0 Å². The van der Waals surface area contributed by atoms with Gasteiger partial charge in [-0.3, -0.25) is 14.2 Å². The van der Waals surface area contributed by atoms with Crippen molar-refractivity contribution in [1.82, 2.24) is 0 Å². The summed E-state index contributed by atoms with van der Waals surface area (Å²) in [5.41, 5.74) is 0. The lowest BCUT2D eigenvalue weighted by atomic mass is 10.1. The minimum absolute atomic E-state index is 0.0396. The Labute approximate surface area is 409 Å². The van der Waals surface area contributed by atoms with Gasteiger partial charge in [-0.05, 0) is 89.9 Å². The lowest BCUT2D eigenvalue weighted by molar-refractivity contribution is -0.870. The van der Waals surface area contributed by atoms with E-state index in [-0.39, 0.29) is 26.1 Å². The molecule has 67 heavy (non-hydrogen) atoms. The second-order valence-corrected chi connectivity index (χ2v) is 19.2. The number of rotatable bonds is 45. The highest BCUT2D eigenvalue weighted by atomic mass is 31.2. The third-order valence-electron chi connectivity index (χ3n) is 10.2. The normalized spacial score (nSPS) is 14.4. The number of phosphoric acid groups is 1. The van der Waals surface area contributed by atoms with Crippen LogP contribution in [-0.2, 0) is 32.7 Å². The molecule has 0 rings (SSSR count). The van der Waals surface area contributed by atoms with Gasteiger partial charge in [-0.2, -0.15) is 0 Å². The molecule has 10 heteroatoms. The summed E-state index contributed by atoms with van der Waals surface area (Å²) < 4.78 is 33.7. The predicted molar refractivity (Wildman–Crippen MR) is 281 cm³/mol. The van der Waals surface area contributed by atoms with E-state index in [4.69, 9.17) is 18.5 Å². The number of nitrogens with zero attached hydrogens (tertiary/aromatic N) is 1. The summed E-state index contributed by atoms with van der Waals surface area (Å²) in [6, 6.07) is 0. The number of hydrogen-bond acceptors (Lipinski definition) is 8.